The van der Waals surface area contributed by atoms with Crippen LogP contribution in [0.15, 0.2) is 0 Å². The molecular weight excluding hydrogens is 228 g/mol. The van der Waals surface area contributed by atoms with E-state index in [0.29, 0.717) is 0 Å². The lowest BCUT2D eigenvalue weighted by molar-refractivity contribution is 0.194. The molecule has 0 heteroatoms. The van der Waals surface area contributed by atoms with Gasteiger partial charge < -0.3 is 0 Å². The molecule has 1 fully saturated rings. The highest BCUT2D eigenvalue weighted by Crippen LogP contribution is 2.34. The van der Waals surface area contributed by atoms with Crippen LogP contribution in [0.25, 0.3) is 0 Å². The van der Waals surface area contributed by atoms with Gasteiger partial charge >= 0.3 is 0 Å². The summed E-state index contributed by atoms with van der Waals surface area (Å²) in [6, 6.07) is 0. The molecule has 1 aliphatic rings. The second-order valence-electron chi connectivity index (χ2n) is 7.18. The Labute approximate surface area is 123 Å². The van der Waals surface area contributed by atoms with E-state index >= 15 is 0 Å². The first-order valence-corrected chi connectivity index (χ1v) is 9.00. The SMILES string of the molecule is CC.CC(C)CC(C)C(C)C(C)CC1CCCCC1. The van der Waals surface area contributed by atoms with Gasteiger partial charge in [0.15, 0.2) is 0 Å². The van der Waals surface area contributed by atoms with Crippen LogP contribution in [0.2, 0.25) is 0 Å². The predicted octanol–water partition coefficient (Wildman–Crippen LogP) is 6.94. The van der Waals surface area contributed by atoms with Crippen molar-refractivity contribution in [2.75, 3.05) is 0 Å². The molecule has 0 aliphatic heterocycles. The van der Waals surface area contributed by atoms with Crippen LogP contribution in [0.1, 0.15) is 93.4 Å². The van der Waals surface area contributed by atoms with Crippen LogP contribution < -0.4 is 0 Å². The van der Waals surface area contributed by atoms with Crippen LogP contribution in [-0.4, -0.2) is 0 Å². The lowest BCUT2D eigenvalue weighted by Gasteiger charge is -2.31. The highest BCUT2D eigenvalue weighted by Gasteiger charge is 2.23. The van der Waals surface area contributed by atoms with Crippen LogP contribution in [-0.2, 0) is 0 Å². The fourth-order valence-electron chi connectivity index (χ4n) is 3.68. The van der Waals surface area contributed by atoms with E-state index in [1.54, 1.807) is 0 Å². The smallest absolute Gasteiger partial charge is 0.0391 e. The summed E-state index contributed by atoms with van der Waals surface area (Å²) in [7, 11) is 0. The van der Waals surface area contributed by atoms with E-state index in [1.165, 1.54) is 44.9 Å². The van der Waals surface area contributed by atoms with Crippen molar-refractivity contribution >= 4 is 0 Å². The Hall–Kier alpha value is 0. The fourth-order valence-corrected chi connectivity index (χ4v) is 3.68. The van der Waals surface area contributed by atoms with Gasteiger partial charge in [0.05, 0.1) is 0 Å². The molecule has 3 atom stereocenters. The van der Waals surface area contributed by atoms with Crippen LogP contribution in [0.4, 0.5) is 0 Å². The minimum atomic E-state index is 0.856. The summed E-state index contributed by atoms with van der Waals surface area (Å²) in [5, 5.41) is 0. The molecular formula is C19H40. The molecule has 0 aromatic carbocycles. The summed E-state index contributed by atoms with van der Waals surface area (Å²) >= 11 is 0. The van der Waals surface area contributed by atoms with Crippen LogP contribution in [0.3, 0.4) is 0 Å². The summed E-state index contributed by atoms with van der Waals surface area (Å²) in [4.78, 5) is 0. The lowest BCUT2D eigenvalue weighted by Crippen LogP contribution is -2.21. The van der Waals surface area contributed by atoms with Crippen molar-refractivity contribution in [3.05, 3.63) is 0 Å². The highest BCUT2D eigenvalue weighted by molar-refractivity contribution is 4.74. The van der Waals surface area contributed by atoms with Gasteiger partial charge in [-0.25, -0.2) is 0 Å². The summed E-state index contributed by atoms with van der Waals surface area (Å²) in [6.45, 7) is 16.2. The second kappa shape index (κ2) is 10.7. The minimum Gasteiger partial charge on any atom is -0.0683 e. The van der Waals surface area contributed by atoms with E-state index in [1.807, 2.05) is 13.8 Å². The molecule has 3 unspecified atom stereocenters. The van der Waals surface area contributed by atoms with Crippen molar-refractivity contribution in [3.8, 4) is 0 Å². The highest BCUT2D eigenvalue weighted by atomic mass is 14.3. The van der Waals surface area contributed by atoms with Gasteiger partial charge in [-0.3, -0.25) is 0 Å². The Balaban J connectivity index is 0.00000154. The zero-order chi connectivity index (χ0) is 14.8. The van der Waals surface area contributed by atoms with Crippen molar-refractivity contribution in [1.82, 2.24) is 0 Å². The number of rotatable bonds is 6. The predicted molar refractivity (Wildman–Crippen MR) is 89.5 cm³/mol. The zero-order valence-corrected chi connectivity index (χ0v) is 14.8. The maximum Gasteiger partial charge on any atom is -0.0391 e. The molecule has 0 spiro atoms. The molecule has 1 aliphatic carbocycles. The van der Waals surface area contributed by atoms with E-state index in [0.717, 1.165) is 29.6 Å². The molecule has 0 radical (unpaired) electrons. The molecule has 1 rings (SSSR count). The maximum absolute atomic E-state index is 2.50. The number of hydrogen-bond acceptors (Lipinski definition) is 0. The van der Waals surface area contributed by atoms with Crippen LogP contribution in [0.5, 0.6) is 0 Å². The third-order valence-electron chi connectivity index (χ3n) is 5.07. The molecule has 0 N–H and O–H groups in total. The van der Waals surface area contributed by atoms with Crippen LogP contribution in [0, 0.1) is 29.6 Å². The molecule has 0 bridgehead atoms. The molecule has 0 saturated heterocycles. The van der Waals surface area contributed by atoms with Gasteiger partial charge in [-0.1, -0.05) is 80.6 Å². The van der Waals surface area contributed by atoms with Gasteiger partial charge in [0.1, 0.15) is 0 Å². The van der Waals surface area contributed by atoms with Crippen molar-refractivity contribution in [1.29, 1.82) is 0 Å². The quantitative estimate of drug-likeness (QED) is 0.489. The van der Waals surface area contributed by atoms with Gasteiger partial charge in [0.25, 0.3) is 0 Å². The average Bonchev–Trinajstić information content (AvgIpc) is 2.40. The molecule has 0 amide bonds. The molecule has 116 valence electrons. The average molecular weight is 269 g/mol. The standard InChI is InChI=1S/C17H34.C2H6/c1-13(2)11-14(3)16(5)15(4)12-17-9-7-6-8-10-17;1-2/h13-17H,6-12H2,1-5H3;1-2H3. The van der Waals surface area contributed by atoms with E-state index < -0.39 is 0 Å². The fraction of sp³-hybridized carbons (Fsp3) is 1.00. The van der Waals surface area contributed by atoms with Gasteiger partial charge in [-0.05, 0) is 42.4 Å². The Morgan fingerprint density at radius 3 is 1.79 bits per heavy atom. The van der Waals surface area contributed by atoms with E-state index in [2.05, 4.69) is 34.6 Å². The first-order chi connectivity index (χ1) is 9.00. The Kier molecular flexibility index (Phi) is 10.7. The lowest BCUT2D eigenvalue weighted by atomic mass is 9.74. The van der Waals surface area contributed by atoms with Crippen molar-refractivity contribution in [3.63, 3.8) is 0 Å². The number of hydrogen-bond donors (Lipinski definition) is 0. The molecule has 0 heterocycles. The van der Waals surface area contributed by atoms with Gasteiger partial charge in [-0.2, -0.15) is 0 Å². The van der Waals surface area contributed by atoms with Crippen molar-refractivity contribution in [2.24, 2.45) is 29.6 Å². The summed E-state index contributed by atoms with van der Waals surface area (Å²) < 4.78 is 0. The normalized spacial score (nSPS) is 21.5. The Morgan fingerprint density at radius 2 is 1.32 bits per heavy atom. The van der Waals surface area contributed by atoms with Crippen molar-refractivity contribution < 1.29 is 0 Å². The molecule has 1 saturated carbocycles. The monoisotopic (exact) mass is 268 g/mol. The van der Waals surface area contributed by atoms with Crippen molar-refractivity contribution in [2.45, 2.75) is 93.4 Å². The Morgan fingerprint density at radius 1 is 0.789 bits per heavy atom. The third kappa shape index (κ3) is 8.00. The summed E-state index contributed by atoms with van der Waals surface area (Å²) in [5.41, 5.74) is 0. The molecule has 0 aromatic rings. The first kappa shape index (κ1) is 19.0. The maximum atomic E-state index is 2.50. The topological polar surface area (TPSA) is 0 Å². The molecule has 0 nitrogen and oxygen atoms in total. The molecule has 0 aromatic heterocycles. The van der Waals surface area contributed by atoms with E-state index in [4.69, 9.17) is 0 Å². The van der Waals surface area contributed by atoms with Gasteiger partial charge in [0.2, 0.25) is 0 Å². The Bertz CT molecular complexity index is 188. The van der Waals surface area contributed by atoms with Gasteiger partial charge in [0, 0.05) is 0 Å². The van der Waals surface area contributed by atoms with Gasteiger partial charge in [-0.15, -0.1) is 0 Å². The first-order valence-electron chi connectivity index (χ1n) is 9.00. The third-order valence-corrected chi connectivity index (χ3v) is 5.07. The largest absolute Gasteiger partial charge is 0.0683 e. The molecule has 19 heavy (non-hydrogen) atoms. The van der Waals surface area contributed by atoms with Crippen LogP contribution >= 0.6 is 0 Å². The zero-order valence-electron chi connectivity index (χ0n) is 14.8. The summed E-state index contributed by atoms with van der Waals surface area (Å²) in [5.74, 6) is 4.63. The minimum absolute atomic E-state index is 0.856. The summed E-state index contributed by atoms with van der Waals surface area (Å²) in [6.07, 6.45) is 10.4. The second-order valence-corrected chi connectivity index (χ2v) is 7.18. The van der Waals surface area contributed by atoms with E-state index in [-0.39, 0.29) is 0 Å². The van der Waals surface area contributed by atoms with E-state index in [9.17, 15) is 0 Å².